The molecule has 0 atom stereocenters. The number of unbranched alkanes of at least 4 members (excludes halogenated alkanes) is 1. The topological polar surface area (TPSA) is 39.7 Å². The predicted molar refractivity (Wildman–Crippen MR) is 106 cm³/mol. The van der Waals surface area contributed by atoms with Crippen molar-refractivity contribution in [3.8, 4) is 11.5 Å². The molecule has 0 heterocycles. The zero-order chi connectivity index (χ0) is 18.5. The molecule has 2 aromatic rings. The third kappa shape index (κ3) is 7.06. The summed E-state index contributed by atoms with van der Waals surface area (Å²) in [5.41, 5.74) is 2.24. The van der Waals surface area contributed by atoms with Crippen molar-refractivity contribution in [2.24, 2.45) is 0 Å². The normalized spacial score (nSPS) is 10.7. The number of ether oxygens (including phenoxy) is 3. The molecule has 142 valence electrons. The van der Waals surface area contributed by atoms with Crippen LogP contribution in [0.3, 0.4) is 0 Å². The summed E-state index contributed by atoms with van der Waals surface area (Å²) in [6.45, 7) is 6.04. The molecule has 0 amide bonds. The fourth-order valence-electron chi connectivity index (χ4n) is 2.63. The van der Waals surface area contributed by atoms with Crippen LogP contribution in [0.4, 0.5) is 0 Å². The number of hydrogen-bond donors (Lipinski definition) is 1. The Bertz CT molecular complexity index is 616. The molecule has 0 bridgehead atoms. The maximum atomic E-state index is 6.08. The predicted octanol–water partition coefficient (Wildman–Crippen LogP) is 4.57. The molecule has 0 aliphatic rings. The zero-order valence-electron chi connectivity index (χ0n) is 16.0. The van der Waals surface area contributed by atoms with E-state index in [1.807, 2.05) is 30.3 Å². The third-order valence-electron chi connectivity index (χ3n) is 4.11. The van der Waals surface area contributed by atoms with E-state index in [4.69, 9.17) is 14.2 Å². The van der Waals surface area contributed by atoms with Gasteiger partial charge < -0.3 is 19.5 Å². The van der Waals surface area contributed by atoms with Crippen molar-refractivity contribution >= 4 is 0 Å². The van der Waals surface area contributed by atoms with E-state index in [1.54, 1.807) is 7.11 Å². The highest BCUT2D eigenvalue weighted by Gasteiger charge is 2.10. The maximum absolute atomic E-state index is 6.08. The molecule has 0 aromatic heterocycles. The summed E-state index contributed by atoms with van der Waals surface area (Å²) >= 11 is 0. The standard InChI is InChI=1S/C22H31NO3/c1-3-4-15-25-16-9-14-23-17-20-12-8-13-21(24-2)22(20)26-18-19-10-6-5-7-11-19/h5-8,10-13,23H,3-4,9,14-18H2,1-2H3. The molecule has 4 heteroatoms. The van der Waals surface area contributed by atoms with Crippen LogP contribution in [-0.4, -0.2) is 26.9 Å². The van der Waals surface area contributed by atoms with Gasteiger partial charge in [0.2, 0.25) is 0 Å². The summed E-state index contributed by atoms with van der Waals surface area (Å²) in [5.74, 6) is 1.58. The second kappa shape index (κ2) is 12.3. The highest BCUT2D eigenvalue weighted by molar-refractivity contribution is 5.46. The van der Waals surface area contributed by atoms with Crippen molar-refractivity contribution in [3.05, 3.63) is 59.7 Å². The number of rotatable bonds is 13. The van der Waals surface area contributed by atoms with E-state index in [-0.39, 0.29) is 0 Å². The van der Waals surface area contributed by atoms with Crippen LogP contribution in [0, 0.1) is 0 Å². The van der Waals surface area contributed by atoms with Crippen LogP contribution in [0.5, 0.6) is 11.5 Å². The Morgan fingerprint density at radius 2 is 1.73 bits per heavy atom. The fraction of sp³-hybridized carbons (Fsp3) is 0.455. The fourth-order valence-corrected chi connectivity index (χ4v) is 2.63. The van der Waals surface area contributed by atoms with Gasteiger partial charge in [-0.15, -0.1) is 0 Å². The summed E-state index contributed by atoms with van der Waals surface area (Å²) in [6.07, 6.45) is 3.33. The Labute approximate surface area is 157 Å². The van der Waals surface area contributed by atoms with E-state index in [2.05, 4.69) is 30.4 Å². The van der Waals surface area contributed by atoms with Crippen LogP contribution in [0.1, 0.15) is 37.3 Å². The molecule has 4 nitrogen and oxygen atoms in total. The maximum Gasteiger partial charge on any atom is 0.166 e. The van der Waals surface area contributed by atoms with Gasteiger partial charge in [0.1, 0.15) is 6.61 Å². The molecule has 0 saturated heterocycles. The lowest BCUT2D eigenvalue weighted by atomic mass is 10.1. The Morgan fingerprint density at radius 1 is 0.923 bits per heavy atom. The average molecular weight is 357 g/mol. The van der Waals surface area contributed by atoms with E-state index in [1.165, 1.54) is 6.42 Å². The van der Waals surface area contributed by atoms with Crippen molar-refractivity contribution in [3.63, 3.8) is 0 Å². The summed E-state index contributed by atoms with van der Waals surface area (Å²) in [5, 5.41) is 3.47. The van der Waals surface area contributed by atoms with Crippen molar-refractivity contribution in [1.82, 2.24) is 5.32 Å². The lowest BCUT2D eigenvalue weighted by Gasteiger charge is -2.16. The van der Waals surface area contributed by atoms with Gasteiger partial charge in [-0.05, 0) is 31.0 Å². The second-order valence-corrected chi connectivity index (χ2v) is 6.22. The minimum Gasteiger partial charge on any atom is -0.493 e. The smallest absolute Gasteiger partial charge is 0.166 e. The van der Waals surface area contributed by atoms with Crippen LogP contribution in [-0.2, 0) is 17.9 Å². The Hall–Kier alpha value is -2.04. The van der Waals surface area contributed by atoms with E-state index >= 15 is 0 Å². The Balaban J connectivity index is 1.83. The van der Waals surface area contributed by atoms with Gasteiger partial charge in [-0.25, -0.2) is 0 Å². The Morgan fingerprint density at radius 3 is 2.50 bits per heavy atom. The van der Waals surface area contributed by atoms with Crippen LogP contribution in [0.15, 0.2) is 48.5 Å². The molecular formula is C22H31NO3. The molecule has 26 heavy (non-hydrogen) atoms. The summed E-state index contributed by atoms with van der Waals surface area (Å²) in [4.78, 5) is 0. The molecule has 0 radical (unpaired) electrons. The molecule has 0 aliphatic carbocycles. The number of benzene rings is 2. The molecule has 1 N–H and O–H groups in total. The van der Waals surface area contributed by atoms with Gasteiger partial charge >= 0.3 is 0 Å². The molecular weight excluding hydrogens is 326 g/mol. The first kappa shape index (κ1) is 20.3. The van der Waals surface area contributed by atoms with Crippen molar-refractivity contribution in [2.45, 2.75) is 39.3 Å². The largest absolute Gasteiger partial charge is 0.493 e. The van der Waals surface area contributed by atoms with E-state index in [0.29, 0.717) is 6.61 Å². The minimum atomic E-state index is 0.527. The van der Waals surface area contributed by atoms with Crippen molar-refractivity contribution in [2.75, 3.05) is 26.9 Å². The molecule has 2 aromatic carbocycles. The average Bonchev–Trinajstić information content (AvgIpc) is 2.69. The van der Waals surface area contributed by atoms with Crippen molar-refractivity contribution < 1.29 is 14.2 Å². The zero-order valence-corrected chi connectivity index (χ0v) is 16.0. The van der Waals surface area contributed by atoms with Gasteiger partial charge in [0.05, 0.1) is 7.11 Å². The number of nitrogens with one attached hydrogen (secondary N) is 1. The molecule has 0 spiro atoms. The lowest BCUT2D eigenvalue weighted by molar-refractivity contribution is 0.128. The second-order valence-electron chi connectivity index (χ2n) is 6.22. The number of para-hydroxylation sites is 1. The van der Waals surface area contributed by atoms with Gasteiger partial charge in [-0.2, -0.15) is 0 Å². The number of hydrogen-bond acceptors (Lipinski definition) is 4. The van der Waals surface area contributed by atoms with E-state index in [9.17, 15) is 0 Å². The van der Waals surface area contributed by atoms with Crippen LogP contribution in [0.2, 0.25) is 0 Å². The van der Waals surface area contributed by atoms with Gasteiger partial charge in [0, 0.05) is 25.3 Å². The van der Waals surface area contributed by atoms with Crippen LogP contribution in [0.25, 0.3) is 0 Å². The minimum absolute atomic E-state index is 0.527. The van der Waals surface area contributed by atoms with E-state index in [0.717, 1.165) is 61.8 Å². The van der Waals surface area contributed by atoms with Gasteiger partial charge in [0.25, 0.3) is 0 Å². The van der Waals surface area contributed by atoms with E-state index < -0.39 is 0 Å². The summed E-state index contributed by atoms with van der Waals surface area (Å²) in [7, 11) is 1.68. The Kier molecular flexibility index (Phi) is 9.62. The monoisotopic (exact) mass is 357 g/mol. The number of methoxy groups -OCH3 is 1. The molecule has 2 rings (SSSR count). The molecule has 0 aliphatic heterocycles. The lowest BCUT2D eigenvalue weighted by Crippen LogP contribution is -2.17. The van der Waals surface area contributed by atoms with Gasteiger partial charge in [-0.1, -0.05) is 55.8 Å². The third-order valence-corrected chi connectivity index (χ3v) is 4.11. The van der Waals surface area contributed by atoms with Crippen LogP contribution < -0.4 is 14.8 Å². The summed E-state index contributed by atoms with van der Waals surface area (Å²) in [6, 6.07) is 16.2. The quantitative estimate of drug-likeness (QED) is 0.533. The van der Waals surface area contributed by atoms with Crippen molar-refractivity contribution in [1.29, 1.82) is 0 Å². The van der Waals surface area contributed by atoms with Crippen LogP contribution >= 0.6 is 0 Å². The summed E-state index contributed by atoms with van der Waals surface area (Å²) < 4.78 is 17.2. The van der Waals surface area contributed by atoms with Gasteiger partial charge in [0.15, 0.2) is 11.5 Å². The van der Waals surface area contributed by atoms with Gasteiger partial charge in [-0.3, -0.25) is 0 Å². The first-order valence-electron chi connectivity index (χ1n) is 9.46. The first-order valence-corrected chi connectivity index (χ1v) is 9.46. The highest BCUT2D eigenvalue weighted by atomic mass is 16.5. The first-order chi connectivity index (χ1) is 12.8. The SMILES string of the molecule is CCCCOCCCNCc1cccc(OC)c1OCc1ccccc1. The molecule has 0 fully saturated rings. The highest BCUT2D eigenvalue weighted by Crippen LogP contribution is 2.31. The molecule has 0 unspecified atom stereocenters. The molecule has 0 saturated carbocycles.